The van der Waals surface area contributed by atoms with Gasteiger partial charge in [-0.15, -0.1) is 0 Å². The number of hydrogen-bond donors (Lipinski definition) is 1. The molecule has 2 aromatic carbocycles. The van der Waals surface area contributed by atoms with Gasteiger partial charge in [-0.25, -0.2) is 0 Å². The van der Waals surface area contributed by atoms with Gasteiger partial charge in [-0.2, -0.15) is 0 Å². The van der Waals surface area contributed by atoms with E-state index in [4.69, 9.17) is 0 Å². The van der Waals surface area contributed by atoms with E-state index in [1.165, 1.54) is 0 Å². The second kappa shape index (κ2) is 4.58. The van der Waals surface area contributed by atoms with E-state index in [2.05, 4.69) is 5.32 Å². The van der Waals surface area contributed by atoms with Crippen LogP contribution >= 0.6 is 0 Å². The fourth-order valence-corrected chi connectivity index (χ4v) is 2.80. The number of carbonyl (C=O) groups is 2. The van der Waals surface area contributed by atoms with Crippen molar-refractivity contribution in [1.82, 2.24) is 5.32 Å². The highest BCUT2D eigenvalue weighted by Gasteiger charge is 2.44. The van der Waals surface area contributed by atoms with E-state index in [1.54, 1.807) is 25.7 Å². The normalized spacial score (nSPS) is 21.5. The number of amides is 2. The maximum Gasteiger partial charge on any atom is 0.252 e. The molecule has 1 heterocycles. The van der Waals surface area contributed by atoms with Crippen molar-refractivity contribution < 1.29 is 9.59 Å². The summed E-state index contributed by atoms with van der Waals surface area (Å²) in [5.41, 5.74) is -0.103. The predicted octanol–water partition coefficient (Wildman–Crippen LogP) is 2.47. The zero-order chi connectivity index (χ0) is 15.2. The number of nitrogens with one attached hydrogen (secondary N) is 1. The van der Waals surface area contributed by atoms with E-state index >= 15 is 0 Å². The Labute approximate surface area is 123 Å². The molecule has 2 aromatic rings. The van der Waals surface area contributed by atoms with Crippen molar-refractivity contribution in [2.45, 2.75) is 32.4 Å². The highest BCUT2D eigenvalue weighted by atomic mass is 16.2. The Morgan fingerprint density at radius 3 is 2.48 bits per heavy atom. The molecule has 108 valence electrons. The number of nitrogens with zero attached hydrogens (tertiary/aromatic N) is 1. The molecule has 0 radical (unpaired) electrons. The van der Waals surface area contributed by atoms with Gasteiger partial charge in [-0.1, -0.05) is 36.4 Å². The third-order valence-electron chi connectivity index (χ3n) is 3.98. The molecule has 1 saturated heterocycles. The van der Waals surface area contributed by atoms with Crippen LogP contribution in [0.2, 0.25) is 0 Å². The summed E-state index contributed by atoms with van der Waals surface area (Å²) in [5, 5.41) is 4.80. The summed E-state index contributed by atoms with van der Waals surface area (Å²) in [7, 11) is 0. The number of carbonyl (C=O) groups excluding carboxylic acids is 2. The molecule has 1 N–H and O–H groups in total. The van der Waals surface area contributed by atoms with Crippen LogP contribution in [0.1, 0.15) is 20.8 Å². The van der Waals surface area contributed by atoms with Crippen LogP contribution in [0.5, 0.6) is 0 Å². The third kappa shape index (κ3) is 2.07. The standard InChI is InChI=1S/C17H18N2O2/c1-11-15(20)18-17(2,3)16(21)19(11)14-10-6-8-12-7-4-5-9-13(12)14/h4-11H,1-3H3,(H,18,20). The highest BCUT2D eigenvalue weighted by Crippen LogP contribution is 2.31. The second-order valence-corrected chi connectivity index (χ2v) is 5.96. The molecule has 0 bridgehead atoms. The third-order valence-corrected chi connectivity index (χ3v) is 3.98. The Kier molecular flexibility index (Phi) is 2.97. The van der Waals surface area contributed by atoms with Crippen molar-refractivity contribution in [3.05, 3.63) is 42.5 Å². The van der Waals surface area contributed by atoms with Crippen molar-refractivity contribution in [2.75, 3.05) is 4.90 Å². The zero-order valence-corrected chi connectivity index (χ0v) is 12.4. The molecule has 3 rings (SSSR count). The number of fused-ring (bicyclic) bond motifs is 1. The average molecular weight is 282 g/mol. The monoisotopic (exact) mass is 282 g/mol. The lowest BCUT2D eigenvalue weighted by Gasteiger charge is -2.41. The van der Waals surface area contributed by atoms with Gasteiger partial charge in [0.25, 0.3) is 5.91 Å². The van der Waals surface area contributed by atoms with Crippen LogP contribution < -0.4 is 10.2 Å². The first-order valence-electron chi connectivity index (χ1n) is 7.05. The van der Waals surface area contributed by atoms with Crippen LogP contribution in [0.3, 0.4) is 0 Å². The summed E-state index contributed by atoms with van der Waals surface area (Å²) >= 11 is 0. The van der Waals surface area contributed by atoms with Gasteiger partial charge in [0, 0.05) is 5.39 Å². The summed E-state index contributed by atoms with van der Waals surface area (Å²) in [5.74, 6) is -0.224. The van der Waals surface area contributed by atoms with Gasteiger partial charge in [-0.3, -0.25) is 14.5 Å². The predicted molar refractivity (Wildman–Crippen MR) is 83.1 cm³/mol. The summed E-state index contributed by atoms with van der Waals surface area (Å²) in [6.07, 6.45) is 0. The zero-order valence-electron chi connectivity index (χ0n) is 12.4. The molecular formula is C17H18N2O2. The molecule has 1 unspecified atom stereocenters. The highest BCUT2D eigenvalue weighted by molar-refractivity contribution is 6.13. The SMILES string of the molecule is CC1C(=O)NC(C)(C)C(=O)N1c1cccc2ccccc12. The lowest BCUT2D eigenvalue weighted by atomic mass is 9.95. The molecule has 4 nitrogen and oxygen atoms in total. The molecule has 0 saturated carbocycles. The van der Waals surface area contributed by atoms with Crippen molar-refractivity contribution in [1.29, 1.82) is 0 Å². The van der Waals surface area contributed by atoms with Gasteiger partial charge in [0.05, 0.1) is 5.69 Å². The van der Waals surface area contributed by atoms with E-state index < -0.39 is 11.6 Å². The van der Waals surface area contributed by atoms with Crippen molar-refractivity contribution in [3.63, 3.8) is 0 Å². The van der Waals surface area contributed by atoms with E-state index in [1.807, 2.05) is 42.5 Å². The molecule has 21 heavy (non-hydrogen) atoms. The minimum Gasteiger partial charge on any atom is -0.340 e. The Morgan fingerprint density at radius 1 is 1.05 bits per heavy atom. The molecule has 1 aliphatic rings. The fraction of sp³-hybridized carbons (Fsp3) is 0.294. The number of benzene rings is 2. The topological polar surface area (TPSA) is 49.4 Å². The van der Waals surface area contributed by atoms with Crippen LogP contribution in [0.4, 0.5) is 5.69 Å². The molecule has 0 aromatic heterocycles. The summed E-state index contributed by atoms with van der Waals surface area (Å²) in [6.45, 7) is 5.22. The molecule has 2 amide bonds. The van der Waals surface area contributed by atoms with E-state index in [9.17, 15) is 9.59 Å². The Morgan fingerprint density at radius 2 is 1.71 bits per heavy atom. The first-order chi connectivity index (χ1) is 9.92. The van der Waals surface area contributed by atoms with E-state index in [0.29, 0.717) is 0 Å². The summed E-state index contributed by atoms with van der Waals surface area (Å²) in [4.78, 5) is 26.5. The minimum atomic E-state index is -0.888. The lowest BCUT2D eigenvalue weighted by Crippen LogP contribution is -2.67. The van der Waals surface area contributed by atoms with Gasteiger partial charge in [0.2, 0.25) is 5.91 Å². The first-order valence-corrected chi connectivity index (χ1v) is 7.05. The molecule has 4 heteroatoms. The van der Waals surface area contributed by atoms with Crippen molar-refractivity contribution in [3.8, 4) is 0 Å². The maximum atomic E-state index is 12.8. The van der Waals surface area contributed by atoms with Crippen LogP contribution in [-0.4, -0.2) is 23.4 Å². The van der Waals surface area contributed by atoms with Crippen molar-refractivity contribution >= 4 is 28.3 Å². The Hall–Kier alpha value is -2.36. The lowest BCUT2D eigenvalue weighted by molar-refractivity contribution is -0.136. The molecule has 1 fully saturated rings. The maximum absolute atomic E-state index is 12.8. The first kappa shape index (κ1) is 13.6. The van der Waals surface area contributed by atoms with Crippen LogP contribution in [0.15, 0.2) is 42.5 Å². The number of piperazine rings is 1. The van der Waals surface area contributed by atoms with Gasteiger partial charge >= 0.3 is 0 Å². The minimum absolute atomic E-state index is 0.0917. The molecule has 1 atom stereocenters. The van der Waals surface area contributed by atoms with Gasteiger partial charge in [0.15, 0.2) is 0 Å². The van der Waals surface area contributed by atoms with E-state index in [0.717, 1.165) is 16.5 Å². The van der Waals surface area contributed by atoms with Crippen LogP contribution in [0.25, 0.3) is 10.8 Å². The summed E-state index contributed by atoms with van der Waals surface area (Å²) < 4.78 is 0. The van der Waals surface area contributed by atoms with Gasteiger partial charge < -0.3 is 5.32 Å². The molecular weight excluding hydrogens is 264 g/mol. The number of rotatable bonds is 1. The smallest absolute Gasteiger partial charge is 0.252 e. The van der Waals surface area contributed by atoms with Gasteiger partial charge in [-0.05, 0) is 32.2 Å². The van der Waals surface area contributed by atoms with Crippen molar-refractivity contribution in [2.24, 2.45) is 0 Å². The largest absolute Gasteiger partial charge is 0.340 e. The second-order valence-electron chi connectivity index (χ2n) is 5.96. The molecule has 0 aliphatic carbocycles. The quantitative estimate of drug-likeness (QED) is 0.873. The Balaban J connectivity index is 2.20. The van der Waals surface area contributed by atoms with E-state index in [-0.39, 0.29) is 11.8 Å². The average Bonchev–Trinajstić information content (AvgIpc) is 2.45. The number of hydrogen-bond acceptors (Lipinski definition) is 2. The van der Waals surface area contributed by atoms with Crippen LogP contribution in [0, 0.1) is 0 Å². The number of anilines is 1. The summed E-state index contributed by atoms with van der Waals surface area (Å²) in [6, 6.07) is 13.2. The fourth-order valence-electron chi connectivity index (χ4n) is 2.80. The van der Waals surface area contributed by atoms with Gasteiger partial charge in [0.1, 0.15) is 11.6 Å². The molecule has 1 aliphatic heterocycles. The van der Waals surface area contributed by atoms with Crippen LogP contribution in [-0.2, 0) is 9.59 Å². The molecule has 0 spiro atoms. The Bertz CT molecular complexity index is 731.